The largest absolute Gasteiger partial charge is 0.378 e. The maximum Gasteiger partial charge on any atom is 0.236 e. The van der Waals surface area contributed by atoms with Gasteiger partial charge in [0.15, 0.2) is 0 Å². The zero-order valence-electron chi connectivity index (χ0n) is 13.6. The van der Waals surface area contributed by atoms with Crippen LogP contribution in [0.5, 0.6) is 0 Å². The molecule has 0 spiro atoms. The number of alkyl halides is 1. The number of aromatic nitrogens is 3. The van der Waals surface area contributed by atoms with Crippen molar-refractivity contribution in [2.24, 2.45) is 0 Å². The van der Waals surface area contributed by atoms with Gasteiger partial charge in [-0.3, -0.25) is 8.79 Å². The first-order valence-corrected chi connectivity index (χ1v) is 8.51. The summed E-state index contributed by atoms with van der Waals surface area (Å²) in [6.45, 7) is 2.03. The molecule has 1 fully saturated rings. The second-order valence-corrected chi connectivity index (χ2v) is 6.16. The molecule has 0 aliphatic carbocycles. The maximum atomic E-state index is 12.1. The molecule has 0 radical (unpaired) electrons. The summed E-state index contributed by atoms with van der Waals surface area (Å²) >= 11 is 0. The van der Waals surface area contributed by atoms with E-state index in [-0.39, 0.29) is 12.8 Å². The van der Waals surface area contributed by atoms with Crippen molar-refractivity contribution in [2.45, 2.75) is 25.4 Å². The van der Waals surface area contributed by atoms with Crippen LogP contribution in [0.15, 0.2) is 36.5 Å². The monoisotopic (exact) mass is 328 g/mol. The Kier molecular flexibility index (Phi) is 4.30. The van der Waals surface area contributed by atoms with Gasteiger partial charge in [0, 0.05) is 25.9 Å². The molecule has 24 heavy (non-hydrogen) atoms. The van der Waals surface area contributed by atoms with Crippen LogP contribution in [0.2, 0.25) is 0 Å². The number of benzene rings is 1. The normalized spacial score (nSPS) is 16.3. The van der Waals surface area contributed by atoms with Crippen LogP contribution in [0.3, 0.4) is 0 Å². The van der Waals surface area contributed by atoms with Gasteiger partial charge in [0.1, 0.15) is 5.82 Å². The van der Waals surface area contributed by atoms with Gasteiger partial charge in [-0.2, -0.15) is 4.98 Å². The highest BCUT2D eigenvalue weighted by atomic mass is 19.1. The Bertz CT molecular complexity index is 826. The molecule has 6 heteroatoms. The highest BCUT2D eigenvalue weighted by molar-refractivity contribution is 5.79. The Balaban J connectivity index is 1.48. The molecule has 4 rings (SSSR count). The van der Waals surface area contributed by atoms with Gasteiger partial charge in [-0.25, -0.2) is 4.98 Å². The number of ether oxygens (including phenoxy) is 1. The van der Waals surface area contributed by atoms with Crippen LogP contribution in [0.25, 0.3) is 16.8 Å². The predicted octanol–water partition coefficient (Wildman–Crippen LogP) is 3.23. The second kappa shape index (κ2) is 6.73. The summed E-state index contributed by atoms with van der Waals surface area (Å²) in [7, 11) is 0. The molecule has 0 atom stereocenters. The minimum absolute atomic E-state index is 0.241. The number of hydrogen-bond acceptors (Lipinski definition) is 4. The summed E-state index contributed by atoms with van der Waals surface area (Å²) < 4.78 is 19.9. The molecule has 0 amide bonds. The Morgan fingerprint density at radius 3 is 2.79 bits per heavy atom. The van der Waals surface area contributed by atoms with Crippen molar-refractivity contribution in [1.82, 2.24) is 14.4 Å². The number of nitrogens with zero attached hydrogens (tertiary/aromatic N) is 4. The first-order valence-electron chi connectivity index (χ1n) is 8.51. The van der Waals surface area contributed by atoms with Crippen LogP contribution in [0.4, 0.5) is 10.2 Å². The van der Waals surface area contributed by atoms with E-state index >= 15 is 0 Å². The summed E-state index contributed by atoms with van der Waals surface area (Å²) in [6, 6.07) is 10.1. The van der Waals surface area contributed by atoms with Crippen LogP contribution in [-0.2, 0) is 4.74 Å². The zero-order chi connectivity index (χ0) is 16.4. The molecule has 1 aromatic carbocycles. The highest BCUT2D eigenvalue weighted by Crippen LogP contribution is 2.22. The summed E-state index contributed by atoms with van der Waals surface area (Å²) in [5.74, 6) is 1.69. The van der Waals surface area contributed by atoms with Crippen molar-refractivity contribution in [3.8, 4) is 0 Å². The van der Waals surface area contributed by atoms with E-state index in [1.165, 1.54) is 0 Å². The van der Waals surface area contributed by atoms with Crippen LogP contribution >= 0.6 is 0 Å². The molecule has 126 valence electrons. The predicted molar refractivity (Wildman–Crippen MR) is 92.3 cm³/mol. The lowest BCUT2D eigenvalue weighted by Crippen LogP contribution is -2.37. The summed E-state index contributed by atoms with van der Waals surface area (Å²) in [5.41, 5.74) is 2.04. The second-order valence-electron chi connectivity index (χ2n) is 6.16. The van der Waals surface area contributed by atoms with E-state index in [0.29, 0.717) is 13.0 Å². The van der Waals surface area contributed by atoms with E-state index in [1.807, 2.05) is 34.9 Å². The number of rotatable bonds is 5. The van der Waals surface area contributed by atoms with E-state index in [1.54, 1.807) is 0 Å². The van der Waals surface area contributed by atoms with Gasteiger partial charge >= 0.3 is 0 Å². The number of imidazole rings is 1. The first-order chi connectivity index (χ1) is 11.8. The van der Waals surface area contributed by atoms with Crippen molar-refractivity contribution < 1.29 is 9.13 Å². The van der Waals surface area contributed by atoms with E-state index in [2.05, 4.69) is 16.0 Å². The zero-order valence-corrected chi connectivity index (χ0v) is 13.6. The third kappa shape index (κ3) is 2.94. The smallest absolute Gasteiger partial charge is 0.236 e. The van der Waals surface area contributed by atoms with Crippen LogP contribution < -0.4 is 4.90 Å². The molecular formula is C18H21FN4O. The van der Waals surface area contributed by atoms with Crippen LogP contribution in [-0.4, -0.2) is 46.8 Å². The fourth-order valence-electron chi connectivity index (χ4n) is 3.27. The van der Waals surface area contributed by atoms with E-state index in [0.717, 1.165) is 48.6 Å². The van der Waals surface area contributed by atoms with Crippen molar-refractivity contribution in [3.05, 3.63) is 36.5 Å². The summed E-state index contributed by atoms with van der Waals surface area (Å²) in [6.07, 6.45) is 4.68. The standard InChI is InChI=1S/C18H21FN4O/c19-9-3-13-24-14-6-10-22(11-7-14)17-8-12-23-16-5-2-1-4-15(16)20-18(23)21-17/h1-2,4-5,8,12,14H,3,6-7,9-11,13H2. The van der Waals surface area contributed by atoms with Crippen LogP contribution in [0, 0.1) is 0 Å². The maximum absolute atomic E-state index is 12.1. The van der Waals surface area contributed by atoms with E-state index in [9.17, 15) is 4.39 Å². The summed E-state index contributed by atoms with van der Waals surface area (Å²) in [4.78, 5) is 11.6. The van der Waals surface area contributed by atoms with Crippen molar-refractivity contribution in [1.29, 1.82) is 0 Å². The molecule has 2 aromatic heterocycles. The average molecular weight is 328 g/mol. The lowest BCUT2D eigenvalue weighted by Gasteiger charge is -2.32. The van der Waals surface area contributed by atoms with Crippen LogP contribution in [0.1, 0.15) is 19.3 Å². The third-order valence-electron chi connectivity index (χ3n) is 4.56. The molecule has 1 saturated heterocycles. The Morgan fingerprint density at radius 2 is 1.96 bits per heavy atom. The molecule has 0 saturated carbocycles. The van der Waals surface area contributed by atoms with Gasteiger partial charge in [-0.05, 0) is 37.5 Å². The van der Waals surface area contributed by atoms with Gasteiger partial charge < -0.3 is 9.64 Å². The Labute approximate surface area is 140 Å². The fraction of sp³-hybridized carbons (Fsp3) is 0.444. The first kappa shape index (κ1) is 15.3. The summed E-state index contributed by atoms with van der Waals surface area (Å²) in [5, 5.41) is 0. The molecular weight excluding hydrogens is 307 g/mol. The lowest BCUT2D eigenvalue weighted by molar-refractivity contribution is 0.0333. The molecule has 5 nitrogen and oxygen atoms in total. The number of halogens is 1. The molecule has 1 aliphatic heterocycles. The molecule has 3 heterocycles. The number of fused-ring (bicyclic) bond motifs is 3. The number of hydrogen-bond donors (Lipinski definition) is 0. The third-order valence-corrected chi connectivity index (χ3v) is 4.56. The van der Waals surface area contributed by atoms with Crippen molar-refractivity contribution >= 4 is 22.6 Å². The Morgan fingerprint density at radius 1 is 1.12 bits per heavy atom. The highest BCUT2D eigenvalue weighted by Gasteiger charge is 2.21. The van der Waals surface area contributed by atoms with Gasteiger partial charge in [-0.1, -0.05) is 12.1 Å². The average Bonchev–Trinajstić information content (AvgIpc) is 3.00. The number of anilines is 1. The SMILES string of the molecule is FCCCOC1CCN(c2ccn3c(n2)nc2ccccc23)CC1. The topological polar surface area (TPSA) is 42.7 Å². The molecule has 3 aromatic rings. The molecule has 0 N–H and O–H groups in total. The van der Waals surface area contributed by atoms with Crippen molar-refractivity contribution in [3.63, 3.8) is 0 Å². The Hall–Kier alpha value is -2.21. The minimum Gasteiger partial charge on any atom is -0.378 e. The van der Waals surface area contributed by atoms with Gasteiger partial charge in [0.05, 0.1) is 23.8 Å². The molecule has 1 aliphatic rings. The van der Waals surface area contributed by atoms with Gasteiger partial charge in [0.25, 0.3) is 0 Å². The van der Waals surface area contributed by atoms with E-state index < -0.39 is 0 Å². The minimum atomic E-state index is -0.304. The van der Waals surface area contributed by atoms with Crippen molar-refractivity contribution in [2.75, 3.05) is 31.3 Å². The van der Waals surface area contributed by atoms with Gasteiger partial charge in [0.2, 0.25) is 5.78 Å². The molecule has 0 bridgehead atoms. The number of piperidine rings is 1. The van der Waals surface area contributed by atoms with E-state index in [4.69, 9.17) is 9.72 Å². The molecule has 0 unspecified atom stereocenters. The fourth-order valence-corrected chi connectivity index (χ4v) is 3.27. The number of para-hydroxylation sites is 2. The lowest BCUT2D eigenvalue weighted by atomic mass is 10.1. The quantitative estimate of drug-likeness (QED) is 0.675. The van der Waals surface area contributed by atoms with Gasteiger partial charge in [-0.15, -0.1) is 0 Å².